The van der Waals surface area contributed by atoms with E-state index in [1.807, 2.05) is 0 Å². The molecule has 0 aromatic rings. The van der Waals surface area contributed by atoms with E-state index in [4.69, 9.17) is 5.11 Å². The van der Waals surface area contributed by atoms with Gasteiger partial charge in [0.15, 0.2) is 0 Å². The summed E-state index contributed by atoms with van der Waals surface area (Å²) in [5.74, 6) is -0.670. The minimum atomic E-state index is -0.670. The van der Waals surface area contributed by atoms with Crippen molar-refractivity contribution in [2.45, 2.75) is 122 Å². The fourth-order valence-corrected chi connectivity index (χ4v) is 3.75. The number of carboxylic acid groups (broad SMARTS) is 1. The second-order valence-electron chi connectivity index (χ2n) is 7.39. The zero-order chi connectivity index (χ0) is 16.8. The molecule has 0 heterocycles. The van der Waals surface area contributed by atoms with Crippen LogP contribution in [0.2, 0.25) is 0 Å². The minimum absolute atomic E-state index is 0.337. The normalized spacial score (nSPS) is 19.9. The highest BCUT2D eigenvalue weighted by Gasteiger charge is 2.19. The van der Waals surface area contributed by atoms with E-state index < -0.39 is 5.97 Å². The van der Waals surface area contributed by atoms with Gasteiger partial charge in [-0.2, -0.15) is 0 Å². The van der Waals surface area contributed by atoms with Crippen LogP contribution in [0.4, 0.5) is 0 Å². The predicted octanol–water partition coefficient (Wildman–Crippen LogP) is 5.67. The molecule has 2 fully saturated rings. The van der Waals surface area contributed by atoms with Gasteiger partial charge in [0.2, 0.25) is 0 Å². The van der Waals surface area contributed by atoms with E-state index in [2.05, 4.69) is 12.2 Å². The summed E-state index contributed by atoms with van der Waals surface area (Å²) in [6.45, 7) is 2.15. The Morgan fingerprint density at radius 2 is 1.30 bits per heavy atom. The molecule has 0 unspecified atom stereocenters. The van der Waals surface area contributed by atoms with Gasteiger partial charge in [-0.3, -0.25) is 4.79 Å². The maximum Gasteiger partial charge on any atom is 0.303 e. The Kier molecular flexibility index (Phi) is 12.3. The number of carboxylic acids is 1. The predicted molar refractivity (Wildman–Crippen MR) is 97.9 cm³/mol. The molecule has 0 amide bonds. The number of nitrogens with one attached hydrogen (secondary N) is 1. The molecule has 0 aliphatic heterocycles. The number of hydrogen-bond donors (Lipinski definition) is 2. The largest absolute Gasteiger partial charge is 0.481 e. The summed E-state index contributed by atoms with van der Waals surface area (Å²) in [4.78, 5) is 10.0. The first-order chi connectivity index (χ1) is 11.2. The van der Waals surface area contributed by atoms with E-state index >= 15 is 0 Å². The van der Waals surface area contributed by atoms with Gasteiger partial charge in [-0.1, -0.05) is 71.1 Å². The van der Waals surface area contributed by atoms with Crippen molar-refractivity contribution in [2.75, 3.05) is 0 Å². The molecule has 0 atom stereocenters. The molecule has 3 nitrogen and oxygen atoms in total. The van der Waals surface area contributed by atoms with Gasteiger partial charge in [-0.15, -0.1) is 0 Å². The summed E-state index contributed by atoms with van der Waals surface area (Å²) in [7, 11) is 0. The molecule has 0 spiro atoms. The highest BCUT2D eigenvalue weighted by molar-refractivity contribution is 5.66. The molecule has 0 aromatic carbocycles. The minimum Gasteiger partial charge on any atom is -0.481 e. The maximum absolute atomic E-state index is 10.0. The molecule has 2 rings (SSSR count). The molecule has 136 valence electrons. The number of unbranched alkanes of at least 4 members (excludes halogenated alkanes) is 4. The average molecular weight is 326 g/mol. The van der Waals surface area contributed by atoms with Gasteiger partial charge < -0.3 is 10.4 Å². The standard InChI is InChI=1S/C12H23N.C8H16O2/c1-3-7-11(8-4-1)13-12-9-5-2-6-10-12;1-2-3-4-5-6-7-8(9)10/h11-13H,1-10H2;2-7H2,1H3,(H,9,10). The molecule has 3 heteroatoms. The Bertz CT molecular complexity index is 265. The summed E-state index contributed by atoms with van der Waals surface area (Å²) >= 11 is 0. The van der Waals surface area contributed by atoms with Crippen LogP contribution in [0.3, 0.4) is 0 Å². The van der Waals surface area contributed by atoms with Crippen LogP contribution in [0.1, 0.15) is 110 Å². The first-order valence-corrected chi connectivity index (χ1v) is 10.2. The Morgan fingerprint density at radius 3 is 1.74 bits per heavy atom. The molecule has 2 aliphatic rings. The van der Waals surface area contributed by atoms with E-state index in [0.717, 1.165) is 24.9 Å². The third-order valence-corrected chi connectivity index (χ3v) is 5.18. The van der Waals surface area contributed by atoms with Crippen molar-refractivity contribution < 1.29 is 9.90 Å². The second kappa shape index (κ2) is 13.8. The maximum atomic E-state index is 10.0. The quantitative estimate of drug-likeness (QED) is 0.565. The number of rotatable bonds is 8. The fourth-order valence-electron chi connectivity index (χ4n) is 3.75. The number of aliphatic carboxylic acids is 1. The summed E-state index contributed by atoms with van der Waals surface area (Å²) < 4.78 is 0. The molecular weight excluding hydrogens is 286 g/mol. The lowest BCUT2D eigenvalue weighted by Crippen LogP contribution is -2.40. The molecule has 2 N–H and O–H groups in total. The monoisotopic (exact) mass is 325 g/mol. The first-order valence-electron chi connectivity index (χ1n) is 10.2. The Morgan fingerprint density at radius 1 is 0.826 bits per heavy atom. The van der Waals surface area contributed by atoms with Crippen LogP contribution in [-0.4, -0.2) is 23.2 Å². The van der Waals surface area contributed by atoms with Crippen LogP contribution < -0.4 is 5.32 Å². The summed E-state index contributed by atoms with van der Waals surface area (Å²) in [5, 5.41) is 12.1. The van der Waals surface area contributed by atoms with Gasteiger partial charge in [-0.25, -0.2) is 0 Å². The van der Waals surface area contributed by atoms with Gasteiger partial charge in [0.25, 0.3) is 0 Å². The van der Waals surface area contributed by atoms with Crippen LogP contribution in [0.5, 0.6) is 0 Å². The Balaban J connectivity index is 0.000000241. The lowest BCUT2D eigenvalue weighted by Gasteiger charge is -2.30. The van der Waals surface area contributed by atoms with Gasteiger partial charge in [0.05, 0.1) is 0 Å². The number of carbonyl (C=O) groups is 1. The molecule has 0 saturated heterocycles. The fraction of sp³-hybridized carbons (Fsp3) is 0.950. The lowest BCUT2D eigenvalue weighted by atomic mass is 9.91. The van der Waals surface area contributed by atoms with Crippen molar-refractivity contribution in [2.24, 2.45) is 0 Å². The molecule has 0 radical (unpaired) electrons. The van der Waals surface area contributed by atoms with Crippen molar-refractivity contribution in [3.05, 3.63) is 0 Å². The van der Waals surface area contributed by atoms with Crippen LogP contribution in [0, 0.1) is 0 Å². The Hall–Kier alpha value is -0.570. The molecular formula is C20H39NO2. The number of hydrogen-bond acceptors (Lipinski definition) is 2. The average Bonchev–Trinajstić information content (AvgIpc) is 2.57. The van der Waals surface area contributed by atoms with Gasteiger partial charge in [0.1, 0.15) is 0 Å². The Labute approximate surface area is 143 Å². The molecule has 2 saturated carbocycles. The molecule has 23 heavy (non-hydrogen) atoms. The van der Waals surface area contributed by atoms with E-state index in [-0.39, 0.29) is 0 Å². The van der Waals surface area contributed by atoms with Gasteiger partial charge in [0, 0.05) is 18.5 Å². The topological polar surface area (TPSA) is 49.3 Å². The SMILES string of the molecule is C1CCC(NC2CCCCC2)CC1.CCCCCCCC(=O)O. The van der Waals surface area contributed by atoms with Crippen LogP contribution in [0.15, 0.2) is 0 Å². The van der Waals surface area contributed by atoms with E-state index in [0.29, 0.717) is 6.42 Å². The van der Waals surface area contributed by atoms with Crippen LogP contribution in [-0.2, 0) is 4.79 Å². The van der Waals surface area contributed by atoms with Gasteiger partial charge >= 0.3 is 5.97 Å². The molecule has 0 bridgehead atoms. The second-order valence-corrected chi connectivity index (χ2v) is 7.39. The highest BCUT2D eigenvalue weighted by atomic mass is 16.4. The molecule has 2 aliphatic carbocycles. The third-order valence-electron chi connectivity index (χ3n) is 5.18. The van der Waals surface area contributed by atoms with Crippen molar-refractivity contribution in [3.8, 4) is 0 Å². The van der Waals surface area contributed by atoms with E-state index in [1.54, 1.807) is 0 Å². The molecule has 0 aromatic heterocycles. The summed E-state index contributed by atoms with van der Waals surface area (Å²) in [5.41, 5.74) is 0. The van der Waals surface area contributed by atoms with Crippen molar-refractivity contribution >= 4 is 5.97 Å². The summed E-state index contributed by atoms with van der Waals surface area (Å²) in [6.07, 6.45) is 20.4. The third kappa shape index (κ3) is 11.6. The highest BCUT2D eigenvalue weighted by Crippen LogP contribution is 2.22. The van der Waals surface area contributed by atoms with Crippen LogP contribution in [0.25, 0.3) is 0 Å². The van der Waals surface area contributed by atoms with Crippen molar-refractivity contribution in [1.29, 1.82) is 0 Å². The van der Waals surface area contributed by atoms with Crippen LogP contribution >= 0.6 is 0 Å². The van der Waals surface area contributed by atoms with Crippen molar-refractivity contribution in [1.82, 2.24) is 5.32 Å². The lowest BCUT2D eigenvalue weighted by molar-refractivity contribution is -0.137. The van der Waals surface area contributed by atoms with E-state index in [1.165, 1.54) is 83.5 Å². The first kappa shape index (κ1) is 20.5. The summed E-state index contributed by atoms with van der Waals surface area (Å²) in [6, 6.07) is 1.74. The van der Waals surface area contributed by atoms with Gasteiger partial charge in [-0.05, 0) is 32.1 Å². The van der Waals surface area contributed by atoms with E-state index in [9.17, 15) is 4.79 Å². The zero-order valence-corrected chi connectivity index (χ0v) is 15.3. The van der Waals surface area contributed by atoms with Crippen molar-refractivity contribution in [3.63, 3.8) is 0 Å². The zero-order valence-electron chi connectivity index (χ0n) is 15.3. The smallest absolute Gasteiger partial charge is 0.303 e.